The van der Waals surface area contributed by atoms with E-state index >= 15 is 0 Å². The molecule has 3 rings (SSSR count). The van der Waals surface area contributed by atoms with E-state index in [2.05, 4.69) is 46.6 Å². The Hall–Kier alpha value is -1.87. The molecule has 1 aliphatic heterocycles. The van der Waals surface area contributed by atoms with E-state index < -0.39 is 0 Å². The Bertz CT molecular complexity index is 634. The van der Waals surface area contributed by atoms with Crippen LogP contribution < -0.4 is 16.0 Å². The maximum Gasteiger partial charge on any atom is 0.0661 e. The highest BCUT2D eigenvalue weighted by atomic mass is 35.5. The number of nitrogens with two attached hydrogens (primary N) is 1. The van der Waals surface area contributed by atoms with Crippen molar-refractivity contribution in [2.24, 2.45) is 0 Å². The third kappa shape index (κ3) is 3.00. The summed E-state index contributed by atoms with van der Waals surface area (Å²) in [4.78, 5) is 2.36. The fraction of sp³-hybridized carbons (Fsp3) is 0.333. The Kier molecular flexibility index (Phi) is 4.44. The summed E-state index contributed by atoms with van der Waals surface area (Å²) in [6.45, 7) is 2.04. The first-order valence-corrected chi connectivity index (χ1v) is 8.13. The van der Waals surface area contributed by atoms with E-state index in [9.17, 15) is 0 Å². The Balaban J connectivity index is 1.74. The topological polar surface area (TPSA) is 41.3 Å². The minimum Gasteiger partial charge on any atom is -0.397 e. The molecule has 3 N–H and O–H groups in total. The summed E-state index contributed by atoms with van der Waals surface area (Å²) in [6, 6.07) is 14.7. The molecule has 0 amide bonds. The van der Waals surface area contributed by atoms with Gasteiger partial charge >= 0.3 is 0 Å². The molecule has 3 nitrogen and oxygen atoms in total. The van der Waals surface area contributed by atoms with E-state index in [0.29, 0.717) is 11.6 Å². The van der Waals surface area contributed by atoms with Crippen LogP contribution in [-0.4, -0.2) is 20.1 Å². The number of benzene rings is 2. The average molecular weight is 316 g/mol. The van der Waals surface area contributed by atoms with Gasteiger partial charge in [0.1, 0.15) is 0 Å². The minimum atomic E-state index is 0.647. The van der Waals surface area contributed by atoms with Gasteiger partial charge in [-0.15, -0.1) is 0 Å². The predicted molar refractivity (Wildman–Crippen MR) is 96.0 cm³/mol. The highest BCUT2D eigenvalue weighted by Crippen LogP contribution is 2.37. The first-order chi connectivity index (χ1) is 10.7. The lowest BCUT2D eigenvalue weighted by Gasteiger charge is -2.34. The first-order valence-electron chi connectivity index (χ1n) is 7.75. The van der Waals surface area contributed by atoms with Gasteiger partial charge < -0.3 is 16.0 Å². The monoisotopic (exact) mass is 315 g/mol. The number of nitrogens with zero attached hydrogens (tertiary/aromatic N) is 1. The summed E-state index contributed by atoms with van der Waals surface area (Å²) < 4.78 is 0. The fourth-order valence-electron chi connectivity index (χ4n) is 3.21. The van der Waals surface area contributed by atoms with E-state index in [-0.39, 0.29) is 0 Å². The molecule has 1 saturated heterocycles. The molecule has 0 aliphatic carbocycles. The minimum absolute atomic E-state index is 0.647. The van der Waals surface area contributed by atoms with Gasteiger partial charge in [-0.05, 0) is 36.5 Å². The summed E-state index contributed by atoms with van der Waals surface area (Å²) >= 11 is 6.40. The lowest BCUT2D eigenvalue weighted by molar-refractivity contribution is 0.505. The molecule has 0 spiro atoms. The zero-order valence-corrected chi connectivity index (χ0v) is 13.6. The summed E-state index contributed by atoms with van der Waals surface area (Å²) in [7, 11) is 1.88. The second-order valence-electron chi connectivity index (χ2n) is 5.81. The van der Waals surface area contributed by atoms with Crippen molar-refractivity contribution in [3.8, 4) is 0 Å². The molecule has 0 bridgehead atoms. The Morgan fingerprint density at radius 2 is 1.82 bits per heavy atom. The zero-order valence-electron chi connectivity index (χ0n) is 12.8. The standard InChI is InChI=1S/C18H22ClN3/c1-21-17-12-18(15(19)11-16(17)20)22-9-7-14(8-10-22)13-5-3-2-4-6-13/h2-6,11-12,14,21H,7-10,20H2,1H3. The van der Waals surface area contributed by atoms with Gasteiger partial charge in [-0.25, -0.2) is 0 Å². The van der Waals surface area contributed by atoms with Crippen LogP contribution in [0.2, 0.25) is 5.02 Å². The number of piperidine rings is 1. The fourth-order valence-corrected chi connectivity index (χ4v) is 3.51. The Labute approximate surface area is 137 Å². The number of nitrogens with one attached hydrogen (secondary N) is 1. The van der Waals surface area contributed by atoms with E-state index in [0.717, 1.165) is 42.3 Å². The number of halogens is 1. The van der Waals surface area contributed by atoms with Crippen molar-refractivity contribution in [1.82, 2.24) is 0 Å². The third-order valence-corrected chi connectivity index (χ3v) is 4.80. The van der Waals surface area contributed by atoms with Crippen LogP contribution in [0.4, 0.5) is 17.1 Å². The average Bonchev–Trinajstić information content (AvgIpc) is 2.56. The number of hydrogen-bond donors (Lipinski definition) is 2. The first kappa shape index (κ1) is 15.0. The van der Waals surface area contributed by atoms with Crippen molar-refractivity contribution in [3.05, 3.63) is 53.1 Å². The van der Waals surface area contributed by atoms with Gasteiger partial charge in [0.15, 0.2) is 0 Å². The van der Waals surface area contributed by atoms with Gasteiger partial charge in [-0.3, -0.25) is 0 Å². The molecule has 0 radical (unpaired) electrons. The third-order valence-electron chi connectivity index (χ3n) is 4.49. The highest BCUT2D eigenvalue weighted by molar-refractivity contribution is 6.33. The second-order valence-corrected chi connectivity index (χ2v) is 6.22. The summed E-state index contributed by atoms with van der Waals surface area (Å²) in [5, 5.41) is 3.86. The van der Waals surface area contributed by atoms with Crippen LogP contribution in [-0.2, 0) is 0 Å². The van der Waals surface area contributed by atoms with Gasteiger partial charge in [-0.2, -0.15) is 0 Å². The maximum atomic E-state index is 6.40. The van der Waals surface area contributed by atoms with Gasteiger partial charge in [0.05, 0.1) is 22.1 Å². The van der Waals surface area contributed by atoms with Crippen LogP contribution in [0.3, 0.4) is 0 Å². The zero-order chi connectivity index (χ0) is 15.5. The van der Waals surface area contributed by atoms with Crippen molar-refractivity contribution in [2.75, 3.05) is 36.1 Å². The predicted octanol–water partition coefficient (Wildman–Crippen LogP) is 4.35. The Morgan fingerprint density at radius 3 is 2.45 bits per heavy atom. The van der Waals surface area contributed by atoms with Crippen LogP contribution in [0.15, 0.2) is 42.5 Å². The lowest BCUT2D eigenvalue weighted by Crippen LogP contribution is -2.33. The molecule has 0 atom stereocenters. The number of nitrogen functional groups attached to an aromatic ring is 1. The summed E-state index contributed by atoms with van der Waals surface area (Å²) in [5.41, 5.74) is 10.1. The molecule has 2 aromatic rings. The Morgan fingerprint density at radius 1 is 1.14 bits per heavy atom. The molecule has 22 heavy (non-hydrogen) atoms. The van der Waals surface area contributed by atoms with Gasteiger partial charge in [0.25, 0.3) is 0 Å². The van der Waals surface area contributed by atoms with Crippen LogP contribution in [0, 0.1) is 0 Å². The van der Waals surface area contributed by atoms with Crippen molar-refractivity contribution >= 4 is 28.7 Å². The smallest absolute Gasteiger partial charge is 0.0661 e. The van der Waals surface area contributed by atoms with Crippen molar-refractivity contribution in [3.63, 3.8) is 0 Å². The second kappa shape index (κ2) is 6.49. The number of rotatable bonds is 3. The molecule has 0 unspecified atom stereocenters. The quantitative estimate of drug-likeness (QED) is 0.827. The SMILES string of the molecule is CNc1cc(N2CCC(c3ccccc3)CC2)c(Cl)cc1N. The molecule has 1 heterocycles. The van der Waals surface area contributed by atoms with Crippen LogP contribution in [0.25, 0.3) is 0 Å². The number of hydrogen-bond acceptors (Lipinski definition) is 3. The molecule has 1 fully saturated rings. The lowest BCUT2D eigenvalue weighted by atomic mass is 9.89. The largest absolute Gasteiger partial charge is 0.397 e. The maximum absolute atomic E-state index is 6.40. The van der Waals surface area contributed by atoms with Crippen molar-refractivity contribution in [2.45, 2.75) is 18.8 Å². The van der Waals surface area contributed by atoms with E-state index in [1.807, 2.05) is 13.1 Å². The molecule has 116 valence electrons. The summed E-state index contributed by atoms with van der Waals surface area (Å²) in [5.74, 6) is 0.647. The number of anilines is 3. The molecular weight excluding hydrogens is 294 g/mol. The van der Waals surface area contributed by atoms with Crippen LogP contribution in [0.1, 0.15) is 24.3 Å². The molecule has 4 heteroatoms. The molecule has 0 aromatic heterocycles. The van der Waals surface area contributed by atoms with Crippen molar-refractivity contribution < 1.29 is 0 Å². The highest BCUT2D eigenvalue weighted by Gasteiger charge is 2.22. The summed E-state index contributed by atoms with van der Waals surface area (Å²) in [6.07, 6.45) is 2.30. The van der Waals surface area contributed by atoms with Gasteiger partial charge in [0, 0.05) is 20.1 Å². The van der Waals surface area contributed by atoms with Crippen LogP contribution in [0.5, 0.6) is 0 Å². The normalized spacial score (nSPS) is 15.8. The molecular formula is C18H22ClN3. The van der Waals surface area contributed by atoms with E-state index in [1.54, 1.807) is 0 Å². The molecule has 1 aliphatic rings. The van der Waals surface area contributed by atoms with Gasteiger partial charge in [-0.1, -0.05) is 41.9 Å². The van der Waals surface area contributed by atoms with Crippen molar-refractivity contribution in [1.29, 1.82) is 0 Å². The van der Waals surface area contributed by atoms with Gasteiger partial charge in [0.2, 0.25) is 0 Å². The van der Waals surface area contributed by atoms with Crippen LogP contribution >= 0.6 is 11.6 Å². The molecule has 0 saturated carbocycles. The van der Waals surface area contributed by atoms with E-state index in [4.69, 9.17) is 17.3 Å². The van der Waals surface area contributed by atoms with E-state index in [1.165, 1.54) is 5.56 Å². The molecule has 2 aromatic carbocycles.